The van der Waals surface area contributed by atoms with Crippen molar-refractivity contribution in [2.24, 2.45) is 5.92 Å². The first kappa shape index (κ1) is 18.6. The van der Waals surface area contributed by atoms with Gasteiger partial charge in [-0.25, -0.2) is 9.97 Å². The van der Waals surface area contributed by atoms with E-state index >= 15 is 0 Å². The van der Waals surface area contributed by atoms with Crippen molar-refractivity contribution in [2.45, 2.75) is 19.3 Å². The molecule has 1 fully saturated rings. The van der Waals surface area contributed by atoms with Crippen LogP contribution in [0.1, 0.15) is 18.4 Å². The van der Waals surface area contributed by atoms with E-state index in [-0.39, 0.29) is 0 Å². The Labute approximate surface area is 180 Å². The molecule has 1 aliphatic rings. The van der Waals surface area contributed by atoms with Crippen LogP contribution in [0.3, 0.4) is 0 Å². The molecule has 0 amide bonds. The van der Waals surface area contributed by atoms with Crippen LogP contribution in [0.2, 0.25) is 5.02 Å². The molecule has 0 N–H and O–H groups in total. The summed E-state index contributed by atoms with van der Waals surface area (Å²) in [5.74, 6) is 2.49. The first-order valence-corrected chi connectivity index (χ1v) is 11.3. The van der Waals surface area contributed by atoms with Crippen LogP contribution in [-0.4, -0.2) is 23.1 Å². The van der Waals surface area contributed by atoms with E-state index < -0.39 is 0 Å². The topological polar surface area (TPSA) is 29.0 Å². The lowest BCUT2D eigenvalue weighted by Gasteiger charge is -2.33. The van der Waals surface area contributed by atoms with E-state index in [1.54, 1.807) is 11.3 Å². The summed E-state index contributed by atoms with van der Waals surface area (Å²) >= 11 is 7.97. The van der Waals surface area contributed by atoms with Crippen molar-refractivity contribution < 1.29 is 0 Å². The van der Waals surface area contributed by atoms with Gasteiger partial charge in [0.05, 0.1) is 15.4 Å². The van der Waals surface area contributed by atoms with Gasteiger partial charge in [-0.1, -0.05) is 54.1 Å². The Morgan fingerprint density at radius 2 is 1.69 bits per heavy atom. The van der Waals surface area contributed by atoms with Gasteiger partial charge in [-0.3, -0.25) is 0 Å². The number of thiophene rings is 1. The van der Waals surface area contributed by atoms with Crippen LogP contribution in [0.15, 0.2) is 66.0 Å². The van der Waals surface area contributed by atoms with Gasteiger partial charge in [0.2, 0.25) is 0 Å². The van der Waals surface area contributed by atoms with Gasteiger partial charge < -0.3 is 4.90 Å². The molecule has 2 aromatic heterocycles. The Hall–Kier alpha value is -2.43. The average Bonchev–Trinajstić information content (AvgIpc) is 3.20. The number of anilines is 1. The molecular formula is C24H22ClN3S. The fourth-order valence-electron chi connectivity index (χ4n) is 4.15. The number of para-hydroxylation sites is 1. The molecule has 29 heavy (non-hydrogen) atoms. The minimum atomic E-state index is 0.720. The highest BCUT2D eigenvalue weighted by Crippen LogP contribution is 2.35. The lowest BCUT2D eigenvalue weighted by atomic mass is 9.90. The lowest BCUT2D eigenvalue weighted by molar-refractivity contribution is 0.403. The predicted molar refractivity (Wildman–Crippen MR) is 123 cm³/mol. The summed E-state index contributed by atoms with van der Waals surface area (Å²) in [7, 11) is 0. The fraction of sp³-hybridized carbons (Fsp3) is 0.250. The third-order valence-corrected chi connectivity index (χ3v) is 7.02. The van der Waals surface area contributed by atoms with Crippen molar-refractivity contribution in [2.75, 3.05) is 18.0 Å². The highest BCUT2D eigenvalue weighted by molar-refractivity contribution is 7.14. The van der Waals surface area contributed by atoms with Gasteiger partial charge >= 0.3 is 0 Å². The second-order valence-electron chi connectivity index (χ2n) is 7.61. The normalized spacial score (nSPS) is 15.1. The van der Waals surface area contributed by atoms with E-state index in [0.717, 1.165) is 57.9 Å². The Kier molecular flexibility index (Phi) is 5.21. The number of piperidine rings is 1. The van der Waals surface area contributed by atoms with Crippen molar-refractivity contribution in [3.63, 3.8) is 0 Å². The van der Waals surface area contributed by atoms with E-state index in [2.05, 4.69) is 53.4 Å². The zero-order valence-electron chi connectivity index (χ0n) is 16.1. The maximum Gasteiger partial charge on any atom is 0.173 e. The quantitative estimate of drug-likeness (QED) is 0.379. The molecule has 2 aromatic carbocycles. The van der Waals surface area contributed by atoms with E-state index in [1.165, 1.54) is 18.4 Å². The summed E-state index contributed by atoms with van der Waals surface area (Å²) in [4.78, 5) is 13.1. The van der Waals surface area contributed by atoms with Gasteiger partial charge in [-0.15, -0.1) is 11.3 Å². The van der Waals surface area contributed by atoms with E-state index in [0.29, 0.717) is 0 Å². The highest BCUT2D eigenvalue weighted by Gasteiger charge is 2.23. The number of hydrogen-bond acceptors (Lipinski definition) is 4. The van der Waals surface area contributed by atoms with Crippen LogP contribution < -0.4 is 4.90 Å². The average molecular weight is 420 g/mol. The van der Waals surface area contributed by atoms with Crippen molar-refractivity contribution in [1.82, 2.24) is 9.97 Å². The number of benzene rings is 2. The van der Waals surface area contributed by atoms with Gasteiger partial charge in [0.15, 0.2) is 5.82 Å². The lowest BCUT2D eigenvalue weighted by Crippen LogP contribution is -2.35. The van der Waals surface area contributed by atoms with E-state index in [9.17, 15) is 0 Å². The van der Waals surface area contributed by atoms with Crippen LogP contribution in [0.5, 0.6) is 0 Å². The molecule has 4 aromatic rings. The smallest absolute Gasteiger partial charge is 0.173 e. The molecule has 0 atom stereocenters. The predicted octanol–water partition coefficient (Wildman–Crippen LogP) is 6.47. The van der Waals surface area contributed by atoms with Crippen molar-refractivity contribution >= 4 is 39.7 Å². The fourth-order valence-corrected chi connectivity index (χ4v) is 5.23. The van der Waals surface area contributed by atoms with Crippen LogP contribution in [0.25, 0.3) is 21.6 Å². The van der Waals surface area contributed by atoms with Gasteiger partial charge in [0.1, 0.15) is 5.82 Å². The molecule has 146 valence electrons. The molecule has 3 nitrogen and oxygen atoms in total. The zero-order valence-corrected chi connectivity index (χ0v) is 17.7. The maximum absolute atomic E-state index is 6.38. The monoisotopic (exact) mass is 419 g/mol. The minimum Gasteiger partial charge on any atom is -0.356 e. The highest BCUT2D eigenvalue weighted by atomic mass is 35.5. The van der Waals surface area contributed by atoms with Crippen LogP contribution in [0.4, 0.5) is 5.82 Å². The standard InChI is InChI=1S/C24H22ClN3S/c25-20-12-15-29-22(20)23-26-21-9-5-4-8-19(21)24(27-23)28-13-10-18(11-14-28)16-17-6-2-1-3-7-17/h1-9,12,15,18H,10-11,13-14,16H2. The van der Waals surface area contributed by atoms with Crippen molar-refractivity contribution in [3.8, 4) is 10.7 Å². The number of rotatable bonds is 4. The minimum absolute atomic E-state index is 0.720. The molecular weight excluding hydrogens is 398 g/mol. The molecule has 3 heterocycles. The molecule has 5 rings (SSSR count). The number of fused-ring (bicyclic) bond motifs is 1. The molecule has 0 aliphatic carbocycles. The Morgan fingerprint density at radius 3 is 2.45 bits per heavy atom. The van der Waals surface area contributed by atoms with Gasteiger partial charge in [-0.2, -0.15) is 0 Å². The first-order chi connectivity index (χ1) is 14.3. The second kappa shape index (κ2) is 8.13. The molecule has 0 bridgehead atoms. The van der Waals surface area contributed by atoms with Crippen LogP contribution >= 0.6 is 22.9 Å². The molecule has 0 spiro atoms. The van der Waals surface area contributed by atoms with E-state index in [4.69, 9.17) is 21.6 Å². The molecule has 0 radical (unpaired) electrons. The van der Waals surface area contributed by atoms with Crippen molar-refractivity contribution in [1.29, 1.82) is 0 Å². The Bertz CT molecular complexity index is 1120. The van der Waals surface area contributed by atoms with Crippen LogP contribution in [-0.2, 0) is 6.42 Å². The number of aromatic nitrogens is 2. The molecule has 5 heteroatoms. The zero-order chi connectivity index (χ0) is 19.6. The summed E-state index contributed by atoms with van der Waals surface area (Å²) in [5, 5.41) is 3.83. The summed E-state index contributed by atoms with van der Waals surface area (Å²) in [6.07, 6.45) is 3.53. The summed E-state index contributed by atoms with van der Waals surface area (Å²) in [6, 6.07) is 21.0. The van der Waals surface area contributed by atoms with E-state index in [1.807, 2.05) is 17.5 Å². The molecule has 1 saturated heterocycles. The van der Waals surface area contributed by atoms with Crippen LogP contribution in [0, 0.1) is 5.92 Å². The Morgan fingerprint density at radius 1 is 0.931 bits per heavy atom. The summed E-state index contributed by atoms with van der Waals surface area (Å²) in [5.41, 5.74) is 2.41. The number of hydrogen-bond donors (Lipinski definition) is 0. The van der Waals surface area contributed by atoms with Gasteiger partial charge in [0, 0.05) is 18.5 Å². The largest absolute Gasteiger partial charge is 0.356 e. The SMILES string of the molecule is Clc1ccsc1-c1nc(N2CCC(Cc3ccccc3)CC2)c2ccccc2n1. The molecule has 1 aliphatic heterocycles. The summed E-state index contributed by atoms with van der Waals surface area (Å²) in [6.45, 7) is 2.05. The molecule has 0 saturated carbocycles. The first-order valence-electron chi connectivity index (χ1n) is 10.1. The second-order valence-corrected chi connectivity index (χ2v) is 8.93. The number of halogens is 1. The van der Waals surface area contributed by atoms with Crippen molar-refractivity contribution in [3.05, 3.63) is 76.6 Å². The van der Waals surface area contributed by atoms with Gasteiger partial charge in [-0.05, 0) is 54.3 Å². The maximum atomic E-state index is 6.38. The van der Waals surface area contributed by atoms with Gasteiger partial charge in [0.25, 0.3) is 0 Å². The molecule has 0 unspecified atom stereocenters. The Balaban J connectivity index is 1.42. The number of nitrogens with zero attached hydrogens (tertiary/aromatic N) is 3. The summed E-state index contributed by atoms with van der Waals surface area (Å²) < 4.78 is 0. The third kappa shape index (κ3) is 3.87. The third-order valence-electron chi connectivity index (χ3n) is 5.68.